The van der Waals surface area contributed by atoms with Crippen molar-refractivity contribution in [1.82, 2.24) is 25.3 Å². The number of nitrogens with zero attached hydrogens (tertiary/aromatic N) is 4. The van der Waals surface area contributed by atoms with Gasteiger partial charge < -0.3 is 10.4 Å². The number of nitrogens with one attached hydrogen (secondary N) is 1. The molecule has 0 fully saturated rings. The summed E-state index contributed by atoms with van der Waals surface area (Å²) in [5.74, 6) is -2.39. The van der Waals surface area contributed by atoms with Crippen LogP contribution >= 0.6 is 0 Å². The van der Waals surface area contributed by atoms with Crippen molar-refractivity contribution in [2.45, 2.75) is 13.1 Å². The van der Waals surface area contributed by atoms with E-state index in [1.165, 1.54) is 18.5 Å². The van der Waals surface area contributed by atoms with E-state index in [2.05, 4.69) is 20.6 Å². The summed E-state index contributed by atoms with van der Waals surface area (Å²) in [6.07, 6.45) is 3.64. The molecule has 1 amide bonds. The van der Waals surface area contributed by atoms with Gasteiger partial charge in [-0.3, -0.25) is 14.6 Å². The normalized spacial score (nSPS) is 10.2. The Morgan fingerprint density at radius 2 is 2.25 bits per heavy atom. The van der Waals surface area contributed by atoms with Crippen molar-refractivity contribution in [1.29, 1.82) is 0 Å². The minimum atomic E-state index is -1.05. The molecule has 20 heavy (non-hydrogen) atoms. The lowest BCUT2D eigenvalue weighted by atomic mass is 10.2. The van der Waals surface area contributed by atoms with Crippen molar-refractivity contribution >= 4 is 11.9 Å². The highest BCUT2D eigenvalue weighted by atomic mass is 19.1. The van der Waals surface area contributed by atoms with Crippen LogP contribution in [0.2, 0.25) is 0 Å². The zero-order chi connectivity index (χ0) is 14.5. The fourth-order valence-corrected chi connectivity index (χ4v) is 1.46. The summed E-state index contributed by atoms with van der Waals surface area (Å²) in [6, 6.07) is 1.26. The van der Waals surface area contributed by atoms with E-state index in [9.17, 15) is 14.0 Å². The summed E-state index contributed by atoms with van der Waals surface area (Å²) >= 11 is 0. The molecule has 2 rings (SSSR count). The van der Waals surface area contributed by atoms with Crippen LogP contribution in [-0.2, 0) is 17.9 Å². The lowest BCUT2D eigenvalue weighted by Crippen LogP contribution is -2.24. The number of carbonyl (C=O) groups excluding carboxylic acids is 1. The quantitative estimate of drug-likeness (QED) is 0.786. The number of hydrogen-bond acceptors (Lipinski definition) is 5. The van der Waals surface area contributed by atoms with Gasteiger partial charge in [0.25, 0.3) is 5.91 Å². The van der Waals surface area contributed by atoms with Gasteiger partial charge in [-0.25, -0.2) is 9.07 Å². The molecule has 0 atom stereocenters. The van der Waals surface area contributed by atoms with Crippen molar-refractivity contribution in [3.05, 3.63) is 41.7 Å². The molecule has 2 aromatic rings. The number of amides is 1. The summed E-state index contributed by atoms with van der Waals surface area (Å²) in [5, 5.41) is 18.3. The first-order chi connectivity index (χ1) is 9.56. The fraction of sp³-hybridized carbons (Fsp3) is 0.182. The zero-order valence-corrected chi connectivity index (χ0v) is 10.2. The molecule has 0 bridgehead atoms. The minimum absolute atomic E-state index is 0.0141. The molecule has 104 valence electrons. The Bertz CT molecular complexity index is 642. The molecule has 2 N–H and O–H groups in total. The van der Waals surface area contributed by atoms with Crippen LogP contribution < -0.4 is 5.32 Å². The topological polar surface area (TPSA) is 110 Å². The largest absolute Gasteiger partial charge is 0.480 e. The number of pyridine rings is 1. The van der Waals surface area contributed by atoms with Crippen molar-refractivity contribution in [2.24, 2.45) is 0 Å². The number of halogens is 1. The highest BCUT2D eigenvalue weighted by molar-refractivity contribution is 5.94. The van der Waals surface area contributed by atoms with Crippen LogP contribution in [0.25, 0.3) is 0 Å². The third-order valence-electron chi connectivity index (χ3n) is 2.33. The summed E-state index contributed by atoms with van der Waals surface area (Å²) in [7, 11) is 0. The maximum atomic E-state index is 13.3. The number of aromatic nitrogens is 4. The first kappa shape index (κ1) is 13.6. The van der Waals surface area contributed by atoms with Gasteiger partial charge in [-0.1, -0.05) is 5.21 Å². The molecule has 0 saturated heterocycles. The molecule has 0 aromatic carbocycles. The van der Waals surface area contributed by atoms with Crippen LogP contribution in [0.3, 0.4) is 0 Å². The zero-order valence-electron chi connectivity index (χ0n) is 10.2. The summed E-state index contributed by atoms with van der Waals surface area (Å²) < 4.78 is 14.4. The third kappa shape index (κ3) is 3.34. The van der Waals surface area contributed by atoms with Gasteiger partial charge in [-0.15, -0.1) is 5.10 Å². The van der Waals surface area contributed by atoms with E-state index in [1.807, 2.05) is 0 Å². The molecule has 0 aliphatic heterocycles. The fourth-order valence-electron chi connectivity index (χ4n) is 1.46. The molecule has 0 radical (unpaired) electrons. The Balaban J connectivity index is 1.95. The van der Waals surface area contributed by atoms with Crippen molar-refractivity contribution in [3.63, 3.8) is 0 Å². The van der Waals surface area contributed by atoms with Gasteiger partial charge in [0.1, 0.15) is 12.2 Å². The molecular weight excluding hydrogens is 269 g/mol. The molecular formula is C11H10FN5O3. The Morgan fingerprint density at radius 1 is 1.45 bits per heavy atom. The minimum Gasteiger partial charge on any atom is -0.480 e. The first-order valence-corrected chi connectivity index (χ1v) is 5.55. The van der Waals surface area contributed by atoms with E-state index in [0.29, 0.717) is 5.69 Å². The number of carboxylic acid groups (broad SMARTS) is 1. The molecule has 0 unspecified atom stereocenters. The summed E-state index contributed by atoms with van der Waals surface area (Å²) in [6.45, 7) is -0.305. The number of carbonyl (C=O) groups is 2. The Hall–Kier alpha value is -2.84. The van der Waals surface area contributed by atoms with Crippen LogP contribution in [0.5, 0.6) is 0 Å². The van der Waals surface area contributed by atoms with E-state index in [-0.39, 0.29) is 18.7 Å². The van der Waals surface area contributed by atoms with Crippen LogP contribution in [0.1, 0.15) is 16.1 Å². The Morgan fingerprint density at radius 3 is 2.95 bits per heavy atom. The molecule has 2 aromatic heterocycles. The summed E-state index contributed by atoms with van der Waals surface area (Å²) in [4.78, 5) is 25.7. The van der Waals surface area contributed by atoms with Gasteiger partial charge in [0.15, 0.2) is 5.82 Å². The number of rotatable bonds is 5. The highest BCUT2D eigenvalue weighted by Crippen LogP contribution is 2.04. The maximum Gasteiger partial charge on any atom is 0.325 e. The highest BCUT2D eigenvalue weighted by Gasteiger charge is 2.12. The van der Waals surface area contributed by atoms with E-state index in [4.69, 9.17) is 5.11 Å². The third-order valence-corrected chi connectivity index (χ3v) is 2.33. The first-order valence-electron chi connectivity index (χ1n) is 5.55. The Kier molecular flexibility index (Phi) is 3.99. The van der Waals surface area contributed by atoms with Crippen LogP contribution in [0, 0.1) is 5.82 Å². The lowest BCUT2D eigenvalue weighted by molar-refractivity contribution is -0.137. The molecule has 0 saturated carbocycles. The second-order valence-electron chi connectivity index (χ2n) is 3.84. The maximum absolute atomic E-state index is 13.3. The van der Waals surface area contributed by atoms with Gasteiger partial charge in [0, 0.05) is 6.20 Å². The second-order valence-corrected chi connectivity index (χ2v) is 3.84. The molecule has 0 spiro atoms. The number of aliphatic carboxylic acids is 1. The van der Waals surface area contributed by atoms with Gasteiger partial charge in [0.2, 0.25) is 0 Å². The predicted octanol–water partition coefficient (Wildman–Crippen LogP) is -0.173. The van der Waals surface area contributed by atoms with Gasteiger partial charge in [0.05, 0.1) is 24.5 Å². The number of hydrogen-bond donors (Lipinski definition) is 2. The summed E-state index contributed by atoms with van der Waals surface area (Å²) in [5.41, 5.74) is 0.243. The van der Waals surface area contributed by atoms with Crippen molar-refractivity contribution in [2.75, 3.05) is 0 Å². The van der Waals surface area contributed by atoms with Crippen LogP contribution in [0.15, 0.2) is 24.7 Å². The van der Waals surface area contributed by atoms with Crippen molar-refractivity contribution < 1.29 is 19.1 Å². The average molecular weight is 279 g/mol. The molecule has 0 aliphatic carbocycles. The SMILES string of the molecule is O=C(O)Cn1cc(CNC(=O)c2ccncc2F)nn1. The van der Waals surface area contributed by atoms with Gasteiger partial charge in [-0.2, -0.15) is 0 Å². The van der Waals surface area contributed by atoms with Crippen LogP contribution in [-0.4, -0.2) is 37.0 Å². The van der Waals surface area contributed by atoms with E-state index in [1.54, 1.807) is 0 Å². The average Bonchev–Trinajstić information content (AvgIpc) is 2.83. The Labute approximate surface area is 112 Å². The molecule has 8 nitrogen and oxygen atoms in total. The van der Waals surface area contributed by atoms with E-state index < -0.39 is 17.7 Å². The molecule has 2 heterocycles. The van der Waals surface area contributed by atoms with Gasteiger partial charge >= 0.3 is 5.97 Å². The predicted molar refractivity (Wildman–Crippen MR) is 63.0 cm³/mol. The van der Waals surface area contributed by atoms with E-state index in [0.717, 1.165) is 10.9 Å². The second kappa shape index (κ2) is 5.87. The van der Waals surface area contributed by atoms with Gasteiger partial charge in [-0.05, 0) is 6.07 Å². The van der Waals surface area contributed by atoms with Crippen molar-refractivity contribution in [3.8, 4) is 0 Å². The van der Waals surface area contributed by atoms with Crippen LogP contribution in [0.4, 0.5) is 4.39 Å². The molecule has 9 heteroatoms. The van der Waals surface area contributed by atoms with E-state index >= 15 is 0 Å². The lowest BCUT2D eigenvalue weighted by Gasteiger charge is -2.03. The smallest absolute Gasteiger partial charge is 0.325 e. The standard InChI is InChI=1S/C11H10FN5O3/c12-9-4-13-2-1-8(9)11(20)14-3-7-5-17(16-15-7)6-10(18)19/h1-2,4-5H,3,6H2,(H,14,20)(H,18,19). The molecule has 0 aliphatic rings. The number of carboxylic acids is 1. The monoisotopic (exact) mass is 279 g/mol.